The fourth-order valence-electron chi connectivity index (χ4n) is 3.50. The van der Waals surface area contributed by atoms with E-state index in [1.807, 2.05) is 73.3 Å². The highest BCUT2D eigenvalue weighted by Gasteiger charge is 2.15. The van der Waals surface area contributed by atoms with Crippen molar-refractivity contribution in [1.29, 1.82) is 0 Å². The van der Waals surface area contributed by atoms with Crippen LogP contribution in [0.5, 0.6) is 5.75 Å². The quantitative estimate of drug-likeness (QED) is 0.455. The van der Waals surface area contributed by atoms with Crippen molar-refractivity contribution < 1.29 is 4.74 Å². The van der Waals surface area contributed by atoms with E-state index in [9.17, 15) is 0 Å². The number of nitrogens with zero attached hydrogens (tertiary/aromatic N) is 6. The number of methoxy groups -OCH3 is 1. The fraction of sp³-hybridized carbons (Fsp3) is 0.130. The van der Waals surface area contributed by atoms with Crippen molar-refractivity contribution in [3.05, 3.63) is 72.8 Å². The normalized spacial score (nSPS) is 11.2. The second-order valence-electron chi connectivity index (χ2n) is 7.08. The molecule has 3 heterocycles. The first-order valence-electron chi connectivity index (χ1n) is 9.59. The number of rotatable bonds is 4. The topological polar surface area (TPSA) is 70.7 Å². The van der Waals surface area contributed by atoms with Crippen LogP contribution in [0.25, 0.3) is 39.5 Å². The van der Waals surface area contributed by atoms with Gasteiger partial charge < -0.3 is 9.30 Å². The van der Waals surface area contributed by atoms with E-state index in [0.29, 0.717) is 11.6 Å². The molecule has 3 aromatic heterocycles. The van der Waals surface area contributed by atoms with Gasteiger partial charge in [0.25, 0.3) is 0 Å². The summed E-state index contributed by atoms with van der Waals surface area (Å²) in [4.78, 5) is 13.8. The maximum absolute atomic E-state index is 5.62. The number of hydrogen-bond acceptors (Lipinski definition) is 5. The van der Waals surface area contributed by atoms with Gasteiger partial charge in [-0.2, -0.15) is 5.10 Å². The zero-order valence-corrected chi connectivity index (χ0v) is 16.9. The SMILES string of the molecule is COc1cc(-c2nc(-c3ccc4ccccc4n3)n(C)n2)ccc1-n1cnc(C)c1. The van der Waals surface area contributed by atoms with Gasteiger partial charge in [-0.15, -0.1) is 0 Å². The van der Waals surface area contributed by atoms with Gasteiger partial charge in [0.1, 0.15) is 11.4 Å². The summed E-state index contributed by atoms with van der Waals surface area (Å²) in [5.41, 5.74) is 4.44. The van der Waals surface area contributed by atoms with Crippen LogP contribution < -0.4 is 4.74 Å². The van der Waals surface area contributed by atoms with Crippen LogP contribution in [0, 0.1) is 6.92 Å². The lowest BCUT2D eigenvalue weighted by atomic mass is 10.1. The standard InChI is InChI=1S/C23H20N6O/c1-15-13-29(14-24-15)20-11-9-17(12-21(20)30-3)22-26-23(28(2)27-22)19-10-8-16-6-4-5-7-18(16)25-19/h4-14H,1-3H3. The molecule has 0 unspecified atom stereocenters. The van der Waals surface area contributed by atoms with E-state index in [1.165, 1.54) is 0 Å². The molecule has 0 saturated carbocycles. The predicted octanol–water partition coefficient (Wildman–Crippen LogP) is 4.20. The fourth-order valence-corrected chi connectivity index (χ4v) is 3.50. The van der Waals surface area contributed by atoms with Gasteiger partial charge in [0.05, 0.1) is 30.3 Å². The number of aromatic nitrogens is 6. The Morgan fingerprint density at radius 1 is 0.967 bits per heavy atom. The molecule has 148 valence electrons. The average Bonchev–Trinajstić information content (AvgIpc) is 3.38. The molecule has 0 amide bonds. The molecule has 0 spiro atoms. The minimum Gasteiger partial charge on any atom is -0.495 e. The Bertz CT molecular complexity index is 1370. The van der Waals surface area contributed by atoms with Gasteiger partial charge >= 0.3 is 0 Å². The van der Waals surface area contributed by atoms with Crippen LogP contribution in [-0.2, 0) is 7.05 Å². The summed E-state index contributed by atoms with van der Waals surface area (Å²) in [6.07, 6.45) is 3.73. The summed E-state index contributed by atoms with van der Waals surface area (Å²) < 4.78 is 9.31. The Morgan fingerprint density at radius 2 is 1.83 bits per heavy atom. The van der Waals surface area contributed by atoms with Gasteiger partial charge in [-0.25, -0.2) is 19.6 Å². The highest BCUT2D eigenvalue weighted by molar-refractivity contribution is 5.80. The monoisotopic (exact) mass is 396 g/mol. The summed E-state index contributed by atoms with van der Waals surface area (Å²) in [6.45, 7) is 1.96. The maximum atomic E-state index is 5.62. The van der Waals surface area contributed by atoms with Crippen LogP contribution in [0.1, 0.15) is 5.69 Å². The van der Waals surface area contributed by atoms with Gasteiger partial charge in [0, 0.05) is 24.2 Å². The average molecular weight is 396 g/mol. The smallest absolute Gasteiger partial charge is 0.181 e. The largest absolute Gasteiger partial charge is 0.495 e. The highest BCUT2D eigenvalue weighted by atomic mass is 16.5. The van der Waals surface area contributed by atoms with Crippen molar-refractivity contribution in [3.8, 4) is 34.3 Å². The second kappa shape index (κ2) is 7.11. The Hall–Kier alpha value is -4.00. The Balaban J connectivity index is 1.55. The lowest BCUT2D eigenvalue weighted by molar-refractivity contribution is 0.413. The van der Waals surface area contributed by atoms with Crippen molar-refractivity contribution in [3.63, 3.8) is 0 Å². The summed E-state index contributed by atoms with van der Waals surface area (Å²) in [5, 5.41) is 5.71. The number of hydrogen-bond donors (Lipinski definition) is 0. The Labute approximate surface area is 173 Å². The first-order chi connectivity index (χ1) is 14.6. The summed E-state index contributed by atoms with van der Waals surface area (Å²) >= 11 is 0. The summed E-state index contributed by atoms with van der Waals surface area (Å²) in [6, 6.07) is 18.0. The second-order valence-corrected chi connectivity index (χ2v) is 7.08. The van der Waals surface area contributed by atoms with E-state index in [0.717, 1.165) is 39.3 Å². The van der Waals surface area contributed by atoms with Gasteiger partial charge in [-0.1, -0.05) is 24.3 Å². The Kier molecular flexibility index (Phi) is 4.28. The predicted molar refractivity (Wildman–Crippen MR) is 116 cm³/mol. The molecule has 0 fully saturated rings. The molecule has 0 saturated heterocycles. The number of para-hydroxylation sites is 1. The van der Waals surface area contributed by atoms with Gasteiger partial charge in [0.15, 0.2) is 11.6 Å². The zero-order valence-electron chi connectivity index (χ0n) is 16.9. The molecule has 5 rings (SSSR count). The van der Waals surface area contributed by atoms with E-state index in [4.69, 9.17) is 14.7 Å². The molecule has 0 atom stereocenters. The third kappa shape index (κ3) is 3.10. The molecule has 0 N–H and O–H groups in total. The van der Waals surface area contributed by atoms with Crippen LogP contribution >= 0.6 is 0 Å². The van der Waals surface area contributed by atoms with Crippen molar-refractivity contribution in [1.82, 2.24) is 29.3 Å². The number of imidazole rings is 1. The molecule has 0 aliphatic carbocycles. The minimum absolute atomic E-state index is 0.620. The van der Waals surface area contributed by atoms with E-state index in [2.05, 4.69) is 16.1 Å². The number of pyridine rings is 1. The van der Waals surface area contributed by atoms with Crippen LogP contribution in [-0.4, -0.2) is 36.4 Å². The molecular formula is C23H20N6O. The minimum atomic E-state index is 0.620. The number of aryl methyl sites for hydroxylation is 2. The molecule has 0 bridgehead atoms. The van der Waals surface area contributed by atoms with Gasteiger partial charge in [-0.05, 0) is 37.3 Å². The lowest BCUT2D eigenvalue weighted by Gasteiger charge is -2.10. The molecule has 7 heteroatoms. The lowest BCUT2D eigenvalue weighted by Crippen LogP contribution is -1.97. The molecule has 0 radical (unpaired) electrons. The molecule has 2 aromatic carbocycles. The Morgan fingerprint density at radius 3 is 2.63 bits per heavy atom. The number of fused-ring (bicyclic) bond motifs is 1. The number of ether oxygens (including phenoxy) is 1. The molecule has 5 aromatic rings. The van der Waals surface area contributed by atoms with E-state index in [-0.39, 0.29) is 0 Å². The first kappa shape index (κ1) is 18.1. The molecule has 0 aliphatic heterocycles. The van der Waals surface area contributed by atoms with Gasteiger partial charge in [0.2, 0.25) is 0 Å². The zero-order chi connectivity index (χ0) is 20.7. The van der Waals surface area contributed by atoms with Crippen LogP contribution in [0.15, 0.2) is 67.1 Å². The number of benzene rings is 2. The van der Waals surface area contributed by atoms with Gasteiger partial charge in [-0.3, -0.25) is 0 Å². The van der Waals surface area contributed by atoms with Crippen molar-refractivity contribution >= 4 is 10.9 Å². The third-order valence-electron chi connectivity index (χ3n) is 5.02. The highest BCUT2D eigenvalue weighted by Crippen LogP contribution is 2.30. The van der Waals surface area contributed by atoms with Crippen molar-refractivity contribution in [2.45, 2.75) is 6.92 Å². The van der Waals surface area contributed by atoms with E-state index in [1.54, 1.807) is 18.1 Å². The molecule has 0 aliphatic rings. The van der Waals surface area contributed by atoms with E-state index >= 15 is 0 Å². The maximum Gasteiger partial charge on any atom is 0.181 e. The van der Waals surface area contributed by atoms with Crippen molar-refractivity contribution in [2.75, 3.05) is 7.11 Å². The summed E-state index contributed by atoms with van der Waals surface area (Å²) in [7, 11) is 3.53. The third-order valence-corrected chi connectivity index (χ3v) is 5.02. The van der Waals surface area contributed by atoms with Crippen molar-refractivity contribution in [2.24, 2.45) is 7.05 Å². The molecule has 30 heavy (non-hydrogen) atoms. The summed E-state index contributed by atoms with van der Waals surface area (Å²) in [5.74, 6) is 2.06. The molecular weight excluding hydrogens is 376 g/mol. The van der Waals surface area contributed by atoms with Crippen LogP contribution in [0.4, 0.5) is 0 Å². The van der Waals surface area contributed by atoms with Crippen LogP contribution in [0.3, 0.4) is 0 Å². The first-order valence-corrected chi connectivity index (χ1v) is 9.59. The van der Waals surface area contributed by atoms with E-state index < -0.39 is 0 Å². The van der Waals surface area contributed by atoms with Crippen LogP contribution in [0.2, 0.25) is 0 Å². The molecule has 7 nitrogen and oxygen atoms in total.